The Morgan fingerprint density at radius 1 is 1.00 bits per heavy atom. The number of aromatic nitrogens is 3. The Morgan fingerprint density at radius 2 is 1.75 bits per heavy atom. The summed E-state index contributed by atoms with van der Waals surface area (Å²) in [7, 11) is 0. The van der Waals surface area contributed by atoms with E-state index >= 15 is 0 Å². The molecule has 1 aromatic carbocycles. The number of nitrogens with zero attached hydrogens (tertiary/aromatic N) is 4. The number of amides is 1. The molecule has 6 nitrogen and oxygen atoms in total. The van der Waals surface area contributed by atoms with Gasteiger partial charge in [0.2, 0.25) is 0 Å². The molecular weight excluding hydrogens is 350 g/mol. The smallest absolute Gasteiger partial charge is 0.251 e. The first-order chi connectivity index (χ1) is 13.8. The van der Waals surface area contributed by atoms with Gasteiger partial charge in [0.25, 0.3) is 5.91 Å². The highest BCUT2D eigenvalue weighted by molar-refractivity contribution is 5.94. The topological polar surface area (TPSA) is 71.0 Å². The number of piperidine rings is 1. The fourth-order valence-electron chi connectivity index (χ4n) is 3.60. The van der Waals surface area contributed by atoms with Crippen LogP contribution in [0.15, 0.2) is 67.5 Å². The van der Waals surface area contributed by atoms with Crippen LogP contribution in [0, 0.1) is 0 Å². The lowest BCUT2D eigenvalue weighted by Gasteiger charge is -2.33. The second-order valence-electron chi connectivity index (χ2n) is 7.11. The summed E-state index contributed by atoms with van der Waals surface area (Å²) in [5.74, 6) is -0.0244. The van der Waals surface area contributed by atoms with Crippen molar-refractivity contribution in [1.29, 1.82) is 0 Å². The molecule has 2 aromatic heterocycles. The molecule has 3 aromatic rings. The van der Waals surface area contributed by atoms with Crippen LogP contribution in [0.3, 0.4) is 0 Å². The number of rotatable bonds is 5. The molecule has 1 amide bonds. The van der Waals surface area contributed by atoms with Gasteiger partial charge in [-0.05, 0) is 42.6 Å². The van der Waals surface area contributed by atoms with Crippen LogP contribution in [0.1, 0.15) is 28.8 Å². The van der Waals surface area contributed by atoms with Crippen molar-refractivity contribution in [2.75, 3.05) is 13.1 Å². The minimum Gasteiger partial charge on any atom is -0.348 e. The Balaban J connectivity index is 1.34. The summed E-state index contributed by atoms with van der Waals surface area (Å²) in [6, 6.07) is 12.2. The Kier molecular flexibility index (Phi) is 5.68. The molecule has 0 bridgehead atoms. The fourth-order valence-corrected chi connectivity index (χ4v) is 3.60. The number of hydrogen-bond acceptors (Lipinski definition) is 5. The van der Waals surface area contributed by atoms with Gasteiger partial charge in [-0.3, -0.25) is 14.7 Å². The molecule has 28 heavy (non-hydrogen) atoms. The number of pyridine rings is 1. The number of benzene rings is 1. The molecule has 4 rings (SSSR count). The second-order valence-corrected chi connectivity index (χ2v) is 7.11. The predicted molar refractivity (Wildman–Crippen MR) is 107 cm³/mol. The van der Waals surface area contributed by atoms with Gasteiger partial charge in [-0.25, -0.2) is 9.97 Å². The van der Waals surface area contributed by atoms with E-state index in [9.17, 15) is 4.79 Å². The maximum atomic E-state index is 12.4. The van der Waals surface area contributed by atoms with Gasteiger partial charge in [0.05, 0.1) is 0 Å². The van der Waals surface area contributed by atoms with Gasteiger partial charge in [0.1, 0.15) is 6.33 Å². The molecule has 1 atom stereocenters. The van der Waals surface area contributed by atoms with Crippen molar-refractivity contribution in [3.8, 4) is 11.1 Å². The van der Waals surface area contributed by atoms with E-state index in [4.69, 9.17) is 0 Å². The number of carbonyl (C=O) groups excluding carboxylic acids is 1. The summed E-state index contributed by atoms with van der Waals surface area (Å²) in [5.41, 5.74) is 4.06. The SMILES string of the molecule is O=C(NC1CCCN(Cc2ccc(-c3cncnc3)cc2)C1)c1ccncc1. The third-order valence-electron chi connectivity index (χ3n) is 5.04. The van der Waals surface area contributed by atoms with Gasteiger partial charge in [-0.2, -0.15) is 0 Å². The van der Waals surface area contributed by atoms with E-state index in [1.54, 1.807) is 24.5 Å². The van der Waals surface area contributed by atoms with Crippen molar-refractivity contribution < 1.29 is 4.79 Å². The molecule has 1 fully saturated rings. The highest BCUT2D eigenvalue weighted by atomic mass is 16.1. The second kappa shape index (κ2) is 8.71. The lowest BCUT2D eigenvalue weighted by Crippen LogP contribution is -2.47. The average Bonchev–Trinajstić information content (AvgIpc) is 2.76. The predicted octanol–water partition coefficient (Wildman–Crippen LogP) is 2.93. The molecule has 1 aliphatic rings. The van der Waals surface area contributed by atoms with Crippen LogP contribution in [-0.2, 0) is 6.54 Å². The van der Waals surface area contributed by atoms with Crippen LogP contribution in [-0.4, -0.2) is 44.9 Å². The van der Waals surface area contributed by atoms with Crippen molar-refractivity contribution in [2.24, 2.45) is 0 Å². The lowest BCUT2D eigenvalue weighted by atomic mass is 10.0. The minimum absolute atomic E-state index is 0.0244. The minimum atomic E-state index is -0.0244. The summed E-state index contributed by atoms with van der Waals surface area (Å²) in [6.07, 6.45) is 10.6. The number of carbonyl (C=O) groups is 1. The van der Waals surface area contributed by atoms with E-state index < -0.39 is 0 Å². The molecule has 0 spiro atoms. The highest BCUT2D eigenvalue weighted by Crippen LogP contribution is 2.19. The first kappa shape index (κ1) is 18.3. The third-order valence-corrected chi connectivity index (χ3v) is 5.04. The van der Waals surface area contributed by atoms with Gasteiger partial charge >= 0.3 is 0 Å². The summed E-state index contributed by atoms with van der Waals surface area (Å²) in [5, 5.41) is 3.16. The van der Waals surface area contributed by atoms with Crippen LogP contribution >= 0.6 is 0 Å². The largest absolute Gasteiger partial charge is 0.348 e. The Labute approximate surface area is 164 Å². The zero-order valence-corrected chi connectivity index (χ0v) is 15.7. The van der Waals surface area contributed by atoms with E-state index in [0.29, 0.717) is 5.56 Å². The lowest BCUT2D eigenvalue weighted by molar-refractivity contribution is 0.0900. The van der Waals surface area contributed by atoms with E-state index in [0.717, 1.165) is 43.6 Å². The van der Waals surface area contributed by atoms with Crippen LogP contribution in [0.5, 0.6) is 0 Å². The Bertz CT molecular complexity index is 899. The molecule has 0 radical (unpaired) electrons. The molecule has 1 saturated heterocycles. The van der Waals surface area contributed by atoms with E-state index in [1.807, 2.05) is 12.4 Å². The van der Waals surface area contributed by atoms with Gasteiger partial charge in [0.15, 0.2) is 0 Å². The summed E-state index contributed by atoms with van der Waals surface area (Å²) in [4.78, 5) is 26.9. The van der Waals surface area contributed by atoms with E-state index in [1.165, 1.54) is 11.9 Å². The number of likely N-dealkylation sites (tertiary alicyclic amines) is 1. The van der Waals surface area contributed by atoms with Gasteiger partial charge in [0, 0.05) is 55.0 Å². The highest BCUT2D eigenvalue weighted by Gasteiger charge is 2.22. The molecule has 0 saturated carbocycles. The van der Waals surface area contributed by atoms with Crippen LogP contribution in [0.25, 0.3) is 11.1 Å². The average molecular weight is 373 g/mol. The standard InChI is InChI=1S/C22H23N5O/c28-22(19-7-9-23-10-8-19)26-21-2-1-11-27(15-21)14-17-3-5-18(6-4-17)20-12-24-16-25-13-20/h3-10,12-13,16,21H,1-2,11,14-15H2,(H,26,28). The van der Waals surface area contributed by atoms with Gasteiger partial charge < -0.3 is 5.32 Å². The zero-order valence-electron chi connectivity index (χ0n) is 15.7. The molecule has 3 heterocycles. The number of nitrogens with one attached hydrogen (secondary N) is 1. The third kappa shape index (κ3) is 4.58. The van der Waals surface area contributed by atoms with Crippen LogP contribution in [0.2, 0.25) is 0 Å². The van der Waals surface area contributed by atoms with Crippen molar-refractivity contribution in [3.05, 3.63) is 78.6 Å². The van der Waals surface area contributed by atoms with Crippen LogP contribution in [0.4, 0.5) is 0 Å². The maximum Gasteiger partial charge on any atom is 0.251 e. The first-order valence-corrected chi connectivity index (χ1v) is 9.55. The molecule has 6 heteroatoms. The monoisotopic (exact) mass is 373 g/mol. The molecule has 142 valence electrons. The van der Waals surface area contributed by atoms with Gasteiger partial charge in [-0.15, -0.1) is 0 Å². The van der Waals surface area contributed by atoms with E-state index in [-0.39, 0.29) is 11.9 Å². The van der Waals surface area contributed by atoms with Crippen molar-refractivity contribution >= 4 is 5.91 Å². The van der Waals surface area contributed by atoms with Gasteiger partial charge in [-0.1, -0.05) is 24.3 Å². The fraction of sp³-hybridized carbons (Fsp3) is 0.273. The van der Waals surface area contributed by atoms with Crippen molar-refractivity contribution in [3.63, 3.8) is 0 Å². The first-order valence-electron chi connectivity index (χ1n) is 9.55. The molecule has 1 unspecified atom stereocenters. The Hall–Kier alpha value is -3.12. The van der Waals surface area contributed by atoms with Crippen molar-refractivity contribution in [1.82, 2.24) is 25.2 Å². The summed E-state index contributed by atoms with van der Waals surface area (Å²) < 4.78 is 0. The van der Waals surface area contributed by atoms with Crippen LogP contribution < -0.4 is 5.32 Å². The molecule has 1 N–H and O–H groups in total. The normalized spacial score (nSPS) is 17.2. The quantitative estimate of drug-likeness (QED) is 0.745. The zero-order chi connectivity index (χ0) is 19.2. The van der Waals surface area contributed by atoms with E-state index in [2.05, 4.69) is 49.4 Å². The number of hydrogen-bond donors (Lipinski definition) is 1. The molecule has 0 aliphatic carbocycles. The summed E-state index contributed by atoms with van der Waals surface area (Å²) >= 11 is 0. The maximum absolute atomic E-state index is 12.4. The Morgan fingerprint density at radius 3 is 2.50 bits per heavy atom. The van der Waals surface area contributed by atoms with Crippen molar-refractivity contribution in [2.45, 2.75) is 25.4 Å². The summed E-state index contributed by atoms with van der Waals surface area (Å²) in [6.45, 7) is 2.80. The molecule has 1 aliphatic heterocycles. The molecular formula is C22H23N5O.